The van der Waals surface area contributed by atoms with E-state index in [4.69, 9.17) is 17.3 Å². The van der Waals surface area contributed by atoms with Crippen molar-refractivity contribution in [2.75, 3.05) is 5.32 Å². The van der Waals surface area contributed by atoms with Crippen LogP contribution in [0, 0.1) is 6.92 Å². The summed E-state index contributed by atoms with van der Waals surface area (Å²) in [5, 5.41) is 6.11. The Hall–Kier alpha value is -2.98. The number of H-pyrrole nitrogens is 1. The molecule has 0 aliphatic rings. The van der Waals surface area contributed by atoms with Crippen LogP contribution in [-0.2, 0) is 11.2 Å². The summed E-state index contributed by atoms with van der Waals surface area (Å²) in [5.74, 6) is -0.365. The molecule has 5 heteroatoms. The van der Waals surface area contributed by atoms with E-state index in [0.29, 0.717) is 5.02 Å². The summed E-state index contributed by atoms with van der Waals surface area (Å²) in [7, 11) is 0. The lowest BCUT2D eigenvalue weighted by Crippen LogP contribution is -2.14. The number of amides is 1. The first-order valence-electron chi connectivity index (χ1n) is 8.35. The Kier molecular flexibility index (Phi) is 4.05. The molecular formula is C21H18ClN3O. The molecule has 0 spiro atoms. The van der Waals surface area contributed by atoms with Crippen LogP contribution >= 0.6 is 11.6 Å². The number of primary amides is 1. The smallest absolute Gasteiger partial charge is 0.221 e. The van der Waals surface area contributed by atoms with Gasteiger partial charge in [0.25, 0.3) is 0 Å². The number of carbonyl (C=O) groups excluding carboxylic acids is 1. The monoisotopic (exact) mass is 363 g/mol. The first-order chi connectivity index (χ1) is 12.5. The van der Waals surface area contributed by atoms with E-state index < -0.39 is 0 Å². The third kappa shape index (κ3) is 3.11. The van der Waals surface area contributed by atoms with Crippen molar-refractivity contribution in [1.29, 1.82) is 0 Å². The van der Waals surface area contributed by atoms with Crippen LogP contribution in [0.1, 0.15) is 11.1 Å². The minimum absolute atomic E-state index is 0.167. The van der Waals surface area contributed by atoms with E-state index in [1.54, 1.807) is 0 Å². The molecule has 0 radical (unpaired) electrons. The highest BCUT2D eigenvalue weighted by Gasteiger charge is 2.13. The fraction of sp³-hybridized carbons (Fsp3) is 0.0952. The summed E-state index contributed by atoms with van der Waals surface area (Å²) in [5.41, 5.74) is 11.3. The molecule has 0 aliphatic carbocycles. The fourth-order valence-corrected chi connectivity index (χ4v) is 3.42. The average Bonchev–Trinajstić information content (AvgIpc) is 2.95. The lowest BCUT2D eigenvalue weighted by atomic mass is 10.0. The molecule has 0 aliphatic heterocycles. The number of rotatable bonds is 4. The Morgan fingerprint density at radius 1 is 1.04 bits per heavy atom. The van der Waals surface area contributed by atoms with Gasteiger partial charge in [0.2, 0.25) is 5.91 Å². The number of benzene rings is 3. The van der Waals surface area contributed by atoms with Gasteiger partial charge in [0.15, 0.2) is 0 Å². The van der Waals surface area contributed by atoms with E-state index in [1.165, 1.54) is 5.56 Å². The maximum atomic E-state index is 11.6. The van der Waals surface area contributed by atoms with Crippen molar-refractivity contribution in [3.8, 4) is 0 Å². The van der Waals surface area contributed by atoms with Crippen LogP contribution in [0.25, 0.3) is 21.8 Å². The lowest BCUT2D eigenvalue weighted by molar-refractivity contribution is -0.117. The molecule has 1 amide bonds. The van der Waals surface area contributed by atoms with E-state index >= 15 is 0 Å². The Bertz CT molecular complexity index is 1130. The predicted octanol–water partition coefficient (Wildman–Crippen LogP) is 5.05. The van der Waals surface area contributed by atoms with Crippen molar-refractivity contribution < 1.29 is 4.79 Å². The number of nitrogens with one attached hydrogen (secondary N) is 2. The maximum absolute atomic E-state index is 11.6. The molecule has 0 saturated carbocycles. The van der Waals surface area contributed by atoms with E-state index in [0.717, 1.165) is 38.7 Å². The number of nitrogens with two attached hydrogens (primary N) is 1. The predicted molar refractivity (Wildman–Crippen MR) is 108 cm³/mol. The van der Waals surface area contributed by atoms with Crippen molar-refractivity contribution in [2.24, 2.45) is 5.73 Å². The standard InChI is InChI=1S/C21H18ClN3O/c1-12-2-5-15(6-3-12)24-16-8-13(9-20(23)26)21-18(11-16)17-10-14(22)4-7-19(17)25-21/h2-8,10-11,24-25H,9H2,1H3,(H2,23,26). The highest BCUT2D eigenvalue weighted by Crippen LogP contribution is 2.33. The lowest BCUT2D eigenvalue weighted by Gasteiger charge is -2.10. The van der Waals surface area contributed by atoms with Gasteiger partial charge in [-0.2, -0.15) is 0 Å². The number of halogens is 1. The zero-order chi connectivity index (χ0) is 18.3. The van der Waals surface area contributed by atoms with Gasteiger partial charge < -0.3 is 16.0 Å². The Labute approximate surface area is 156 Å². The molecule has 0 unspecified atom stereocenters. The number of hydrogen-bond acceptors (Lipinski definition) is 2. The molecule has 3 aromatic carbocycles. The molecule has 130 valence electrons. The van der Waals surface area contributed by atoms with Crippen LogP contribution < -0.4 is 11.1 Å². The molecular weight excluding hydrogens is 346 g/mol. The molecule has 4 nitrogen and oxygen atoms in total. The van der Waals surface area contributed by atoms with Crippen molar-refractivity contribution in [1.82, 2.24) is 4.98 Å². The normalized spacial score (nSPS) is 11.2. The second kappa shape index (κ2) is 6.39. The summed E-state index contributed by atoms with van der Waals surface area (Å²) >= 11 is 6.18. The maximum Gasteiger partial charge on any atom is 0.221 e. The number of hydrogen-bond donors (Lipinski definition) is 3. The van der Waals surface area contributed by atoms with Crippen molar-refractivity contribution in [3.63, 3.8) is 0 Å². The summed E-state index contributed by atoms with van der Waals surface area (Å²) in [6, 6.07) is 17.9. The first kappa shape index (κ1) is 16.5. The van der Waals surface area contributed by atoms with Gasteiger partial charge in [-0.3, -0.25) is 4.79 Å². The minimum Gasteiger partial charge on any atom is -0.369 e. The summed E-state index contributed by atoms with van der Waals surface area (Å²) in [4.78, 5) is 14.9. The average molecular weight is 364 g/mol. The topological polar surface area (TPSA) is 70.9 Å². The van der Waals surface area contributed by atoms with Gasteiger partial charge in [-0.15, -0.1) is 0 Å². The van der Waals surface area contributed by atoms with Gasteiger partial charge in [0, 0.05) is 32.7 Å². The number of aryl methyl sites for hydroxylation is 1. The van der Waals surface area contributed by atoms with Crippen molar-refractivity contribution in [3.05, 3.63) is 70.7 Å². The highest BCUT2D eigenvalue weighted by atomic mass is 35.5. The largest absolute Gasteiger partial charge is 0.369 e. The Morgan fingerprint density at radius 2 is 1.81 bits per heavy atom. The minimum atomic E-state index is -0.365. The zero-order valence-corrected chi connectivity index (χ0v) is 15.0. The van der Waals surface area contributed by atoms with Crippen LogP contribution in [0.4, 0.5) is 11.4 Å². The SMILES string of the molecule is Cc1ccc(Nc2cc(CC(N)=O)c3[nH]c4ccc(Cl)cc4c3c2)cc1. The summed E-state index contributed by atoms with van der Waals surface area (Å²) in [6.07, 6.45) is 0.167. The molecule has 4 aromatic rings. The molecule has 0 saturated heterocycles. The first-order valence-corrected chi connectivity index (χ1v) is 8.73. The highest BCUT2D eigenvalue weighted by molar-refractivity contribution is 6.31. The van der Waals surface area contributed by atoms with Gasteiger partial charge in [-0.25, -0.2) is 0 Å². The van der Waals surface area contributed by atoms with E-state index in [-0.39, 0.29) is 12.3 Å². The van der Waals surface area contributed by atoms with Crippen LogP contribution in [0.2, 0.25) is 5.02 Å². The van der Waals surface area contributed by atoms with Gasteiger partial charge in [-0.05, 0) is 55.0 Å². The van der Waals surface area contributed by atoms with Gasteiger partial charge in [-0.1, -0.05) is 29.3 Å². The van der Waals surface area contributed by atoms with Crippen LogP contribution in [0.15, 0.2) is 54.6 Å². The molecule has 0 bridgehead atoms. The summed E-state index contributed by atoms with van der Waals surface area (Å²) < 4.78 is 0. The van der Waals surface area contributed by atoms with Crippen molar-refractivity contribution >= 4 is 50.7 Å². The van der Waals surface area contributed by atoms with E-state index in [9.17, 15) is 4.79 Å². The number of carbonyl (C=O) groups is 1. The zero-order valence-electron chi connectivity index (χ0n) is 14.3. The molecule has 26 heavy (non-hydrogen) atoms. The number of anilines is 2. The van der Waals surface area contributed by atoms with E-state index in [1.807, 2.05) is 36.4 Å². The quantitative estimate of drug-likeness (QED) is 0.474. The van der Waals surface area contributed by atoms with Gasteiger partial charge in [0.1, 0.15) is 0 Å². The number of aromatic nitrogens is 1. The second-order valence-electron chi connectivity index (χ2n) is 6.51. The van der Waals surface area contributed by atoms with Crippen molar-refractivity contribution in [2.45, 2.75) is 13.3 Å². The molecule has 1 aromatic heterocycles. The van der Waals surface area contributed by atoms with Gasteiger partial charge >= 0.3 is 0 Å². The van der Waals surface area contributed by atoms with Gasteiger partial charge in [0.05, 0.1) is 11.9 Å². The summed E-state index contributed by atoms with van der Waals surface area (Å²) in [6.45, 7) is 2.05. The Balaban J connectivity index is 1.89. The van der Waals surface area contributed by atoms with Crippen LogP contribution in [0.5, 0.6) is 0 Å². The molecule has 1 heterocycles. The second-order valence-corrected chi connectivity index (χ2v) is 6.94. The van der Waals surface area contributed by atoms with Crippen LogP contribution in [0.3, 0.4) is 0 Å². The third-order valence-corrected chi connectivity index (χ3v) is 4.69. The molecule has 4 rings (SSSR count). The molecule has 4 N–H and O–H groups in total. The fourth-order valence-electron chi connectivity index (χ4n) is 3.25. The number of fused-ring (bicyclic) bond motifs is 3. The number of aromatic amines is 1. The molecule has 0 atom stereocenters. The van der Waals surface area contributed by atoms with Crippen LogP contribution in [-0.4, -0.2) is 10.9 Å². The Morgan fingerprint density at radius 3 is 2.54 bits per heavy atom. The van der Waals surface area contributed by atoms with E-state index in [2.05, 4.69) is 35.4 Å². The molecule has 0 fully saturated rings. The third-order valence-electron chi connectivity index (χ3n) is 4.46.